The lowest BCUT2D eigenvalue weighted by molar-refractivity contribution is 0.411. The molecule has 1 aliphatic heterocycles. The highest BCUT2D eigenvalue weighted by atomic mass is 16.5. The third kappa shape index (κ3) is 1.21. The molecule has 0 spiro atoms. The summed E-state index contributed by atoms with van der Waals surface area (Å²) >= 11 is 0. The minimum absolute atomic E-state index is 0.338. The van der Waals surface area contributed by atoms with Gasteiger partial charge in [0, 0.05) is 17.7 Å². The monoisotopic (exact) mass is 191 g/mol. The van der Waals surface area contributed by atoms with Crippen molar-refractivity contribution in [2.75, 3.05) is 19.0 Å². The van der Waals surface area contributed by atoms with Crippen LogP contribution in [0.4, 0.5) is 5.69 Å². The molecule has 2 rings (SSSR count). The molecule has 0 unspecified atom stereocenters. The van der Waals surface area contributed by atoms with Crippen LogP contribution >= 0.6 is 0 Å². The molecule has 1 aliphatic rings. The van der Waals surface area contributed by atoms with Crippen LogP contribution < -0.4 is 10.1 Å². The van der Waals surface area contributed by atoms with E-state index >= 15 is 0 Å². The number of aliphatic hydroxyl groups is 1. The van der Waals surface area contributed by atoms with Crippen molar-refractivity contribution in [3.8, 4) is 5.75 Å². The van der Waals surface area contributed by atoms with E-state index in [0.717, 1.165) is 22.6 Å². The Kier molecular flexibility index (Phi) is 2.08. The molecule has 1 heterocycles. The number of hydrogen-bond donors (Lipinski definition) is 2. The first-order valence-electron chi connectivity index (χ1n) is 4.55. The van der Waals surface area contributed by atoms with E-state index in [1.54, 1.807) is 13.2 Å². The Balaban J connectivity index is 2.59. The van der Waals surface area contributed by atoms with Crippen molar-refractivity contribution in [3.63, 3.8) is 0 Å². The second kappa shape index (κ2) is 3.25. The third-order valence-corrected chi connectivity index (χ3v) is 2.49. The normalized spacial score (nSPS) is 14.0. The maximum absolute atomic E-state index is 9.63. The second-order valence-electron chi connectivity index (χ2n) is 3.29. The van der Waals surface area contributed by atoms with Gasteiger partial charge in [-0.2, -0.15) is 0 Å². The smallest absolute Gasteiger partial charge is 0.123 e. The van der Waals surface area contributed by atoms with Gasteiger partial charge in [0.15, 0.2) is 0 Å². The predicted molar refractivity (Wildman–Crippen MR) is 56.8 cm³/mol. The van der Waals surface area contributed by atoms with E-state index in [-0.39, 0.29) is 0 Å². The first kappa shape index (κ1) is 8.94. The Morgan fingerprint density at radius 1 is 1.43 bits per heavy atom. The zero-order chi connectivity index (χ0) is 10.1. The zero-order valence-corrected chi connectivity index (χ0v) is 8.29. The average molecular weight is 191 g/mol. The molecule has 0 radical (unpaired) electrons. The molecule has 0 aromatic heterocycles. The van der Waals surface area contributed by atoms with Crippen LogP contribution in [0.3, 0.4) is 0 Å². The average Bonchev–Trinajstić information content (AvgIpc) is 2.20. The summed E-state index contributed by atoms with van der Waals surface area (Å²) in [6.45, 7) is 2.64. The van der Waals surface area contributed by atoms with Gasteiger partial charge in [0.2, 0.25) is 0 Å². The molecular weight excluding hydrogens is 178 g/mol. The van der Waals surface area contributed by atoms with Gasteiger partial charge in [-0.1, -0.05) is 0 Å². The minimum atomic E-state index is 0.338. The summed E-state index contributed by atoms with van der Waals surface area (Å²) in [7, 11) is 1.65. The van der Waals surface area contributed by atoms with Gasteiger partial charge in [0.05, 0.1) is 12.8 Å². The van der Waals surface area contributed by atoms with Crippen molar-refractivity contribution in [1.29, 1.82) is 0 Å². The van der Waals surface area contributed by atoms with Crippen molar-refractivity contribution in [2.24, 2.45) is 0 Å². The maximum atomic E-state index is 9.63. The fourth-order valence-electron chi connectivity index (χ4n) is 1.71. The number of ether oxygens (including phenoxy) is 1. The number of rotatable bonds is 1. The van der Waals surface area contributed by atoms with E-state index in [2.05, 4.69) is 5.32 Å². The minimum Gasteiger partial charge on any atom is -0.508 e. The Hall–Kier alpha value is -1.64. The molecule has 3 nitrogen and oxygen atoms in total. The fourth-order valence-corrected chi connectivity index (χ4v) is 1.71. The molecule has 2 N–H and O–H groups in total. The van der Waals surface area contributed by atoms with E-state index in [4.69, 9.17) is 4.74 Å². The van der Waals surface area contributed by atoms with Crippen LogP contribution in [0.1, 0.15) is 11.1 Å². The van der Waals surface area contributed by atoms with Crippen molar-refractivity contribution >= 4 is 11.4 Å². The van der Waals surface area contributed by atoms with Crippen LogP contribution in [0.15, 0.2) is 18.2 Å². The van der Waals surface area contributed by atoms with Crippen molar-refractivity contribution in [2.45, 2.75) is 6.92 Å². The summed E-state index contributed by atoms with van der Waals surface area (Å²) in [5, 5.41) is 12.8. The second-order valence-corrected chi connectivity index (χ2v) is 3.29. The summed E-state index contributed by atoms with van der Waals surface area (Å²) < 4.78 is 5.21. The Bertz CT molecular complexity index is 397. The van der Waals surface area contributed by atoms with E-state index in [9.17, 15) is 5.11 Å². The molecule has 1 aromatic carbocycles. The summed E-state index contributed by atoms with van der Waals surface area (Å²) in [5.74, 6) is 1.18. The molecule has 3 heteroatoms. The molecule has 0 bridgehead atoms. The largest absolute Gasteiger partial charge is 0.508 e. The molecule has 0 atom stereocenters. The van der Waals surface area contributed by atoms with Gasteiger partial charge in [-0.05, 0) is 25.1 Å². The number of fused-ring (bicyclic) bond motifs is 1. The first-order valence-corrected chi connectivity index (χ1v) is 4.55. The number of anilines is 1. The number of hydrogen-bond acceptors (Lipinski definition) is 3. The Morgan fingerprint density at radius 2 is 2.21 bits per heavy atom. The quantitative estimate of drug-likeness (QED) is 0.715. The van der Waals surface area contributed by atoms with E-state index in [0.29, 0.717) is 12.3 Å². The lowest BCUT2D eigenvalue weighted by Gasteiger charge is -2.19. The standard InChI is InChI=1S/C11H13NO2/c1-7-10(14-2)4-3-8-9(13)5-6-12-11(7)8/h3-5,12-13H,6H2,1-2H3. The maximum Gasteiger partial charge on any atom is 0.123 e. The van der Waals surface area contributed by atoms with Gasteiger partial charge in [-0.15, -0.1) is 0 Å². The highest BCUT2D eigenvalue weighted by Crippen LogP contribution is 2.34. The van der Waals surface area contributed by atoms with Gasteiger partial charge in [-0.3, -0.25) is 0 Å². The van der Waals surface area contributed by atoms with Crippen LogP contribution in [-0.2, 0) is 0 Å². The lowest BCUT2D eigenvalue weighted by Crippen LogP contribution is -2.10. The number of nitrogens with one attached hydrogen (secondary N) is 1. The topological polar surface area (TPSA) is 41.5 Å². The Labute approximate surface area is 83.0 Å². The molecule has 1 aromatic rings. The Morgan fingerprint density at radius 3 is 2.93 bits per heavy atom. The fraction of sp³-hybridized carbons (Fsp3) is 0.273. The first-order chi connectivity index (χ1) is 6.74. The molecule has 0 aliphatic carbocycles. The van der Waals surface area contributed by atoms with Crippen molar-refractivity contribution in [3.05, 3.63) is 29.3 Å². The number of methoxy groups -OCH3 is 1. The SMILES string of the molecule is COc1ccc2c(c1C)NCC=C2O. The lowest BCUT2D eigenvalue weighted by atomic mass is 10.0. The molecule has 0 fully saturated rings. The molecule has 0 saturated carbocycles. The highest BCUT2D eigenvalue weighted by Gasteiger charge is 2.15. The van der Waals surface area contributed by atoms with E-state index in [1.807, 2.05) is 19.1 Å². The van der Waals surface area contributed by atoms with Crippen molar-refractivity contribution in [1.82, 2.24) is 0 Å². The molecule has 74 valence electrons. The third-order valence-electron chi connectivity index (χ3n) is 2.49. The van der Waals surface area contributed by atoms with Crippen LogP contribution in [-0.4, -0.2) is 18.8 Å². The molecule has 0 amide bonds. The van der Waals surface area contributed by atoms with Gasteiger partial charge < -0.3 is 15.2 Å². The summed E-state index contributed by atoms with van der Waals surface area (Å²) in [6, 6.07) is 3.73. The van der Waals surface area contributed by atoms with Crippen molar-refractivity contribution < 1.29 is 9.84 Å². The summed E-state index contributed by atoms with van der Waals surface area (Å²) in [5.41, 5.74) is 2.84. The highest BCUT2D eigenvalue weighted by molar-refractivity contribution is 5.79. The van der Waals surface area contributed by atoms with Gasteiger partial charge >= 0.3 is 0 Å². The molecule has 14 heavy (non-hydrogen) atoms. The van der Waals surface area contributed by atoms with Gasteiger partial charge in [0.25, 0.3) is 0 Å². The summed E-state index contributed by atoms with van der Waals surface area (Å²) in [6.07, 6.45) is 1.76. The van der Waals surface area contributed by atoms with Gasteiger partial charge in [-0.25, -0.2) is 0 Å². The summed E-state index contributed by atoms with van der Waals surface area (Å²) in [4.78, 5) is 0. The van der Waals surface area contributed by atoms with Crippen LogP contribution in [0.25, 0.3) is 5.76 Å². The zero-order valence-electron chi connectivity index (χ0n) is 8.29. The number of benzene rings is 1. The predicted octanol–water partition coefficient (Wildman–Crippen LogP) is 2.33. The van der Waals surface area contributed by atoms with Crippen LogP contribution in [0.5, 0.6) is 5.75 Å². The van der Waals surface area contributed by atoms with Gasteiger partial charge in [0.1, 0.15) is 11.5 Å². The van der Waals surface area contributed by atoms with E-state index < -0.39 is 0 Å². The van der Waals surface area contributed by atoms with Crippen LogP contribution in [0, 0.1) is 6.92 Å². The number of aliphatic hydroxyl groups excluding tert-OH is 1. The van der Waals surface area contributed by atoms with E-state index in [1.165, 1.54) is 0 Å². The molecule has 0 saturated heterocycles. The van der Waals surface area contributed by atoms with Crippen LogP contribution in [0.2, 0.25) is 0 Å². The molecular formula is C11H13NO2.